The second-order valence-corrected chi connectivity index (χ2v) is 5.89. The summed E-state index contributed by atoms with van der Waals surface area (Å²) in [5.41, 5.74) is 2.29. The van der Waals surface area contributed by atoms with E-state index < -0.39 is 12.0 Å². The molecule has 0 aliphatic heterocycles. The molecule has 0 unspecified atom stereocenters. The van der Waals surface area contributed by atoms with Crippen LogP contribution in [-0.4, -0.2) is 26.8 Å². The minimum atomic E-state index is -0.965. The van der Waals surface area contributed by atoms with E-state index in [0.29, 0.717) is 5.69 Å². The molecule has 0 aliphatic carbocycles. The van der Waals surface area contributed by atoms with Gasteiger partial charge in [0.2, 0.25) is 5.91 Å². The smallest absolute Gasteiger partial charge is 0.305 e. The maximum Gasteiger partial charge on any atom is 0.305 e. The monoisotopic (exact) mass is 349 g/mol. The fourth-order valence-corrected chi connectivity index (χ4v) is 2.70. The Morgan fingerprint density at radius 2 is 1.65 bits per heavy atom. The van der Waals surface area contributed by atoms with Crippen LogP contribution in [0.3, 0.4) is 0 Å². The molecule has 2 N–H and O–H groups in total. The molecular weight excluding hydrogens is 330 g/mol. The van der Waals surface area contributed by atoms with Gasteiger partial charge in [-0.1, -0.05) is 48.5 Å². The normalized spacial score (nSPS) is 11.7. The number of para-hydroxylation sites is 1. The van der Waals surface area contributed by atoms with Gasteiger partial charge in [0, 0.05) is 6.20 Å². The van der Waals surface area contributed by atoms with Gasteiger partial charge in [0.1, 0.15) is 0 Å². The van der Waals surface area contributed by atoms with Crippen molar-refractivity contribution >= 4 is 11.9 Å². The van der Waals surface area contributed by atoms with Gasteiger partial charge in [0.05, 0.1) is 30.3 Å². The van der Waals surface area contributed by atoms with E-state index in [0.717, 1.165) is 11.3 Å². The molecule has 1 atom stereocenters. The highest BCUT2D eigenvalue weighted by molar-refractivity contribution is 5.79. The molecule has 26 heavy (non-hydrogen) atoms. The third-order valence-corrected chi connectivity index (χ3v) is 3.92. The van der Waals surface area contributed by atoms with E-state index in [1.165, 1.54) is 0 Å². The SMILES string of the molecule is O=C(O)C[C@H](NC(=O)Cc1ccn(-c2ccccc2)n1)c1ccccc1. The van der Waals surface area contributed by atoms with Gasteiger partial charge in [-0.15, -0.1) is 0 Å². The van der Waals surface area contributed by atoms with E-state index in [2.05, 4.69) is 10.4 Å². The third kappa shape index (κ3) is 4.57. The van der Waals surface area contributed by atoms with E-state index in [1.807, 2.05) is 48.5 Å². The predicted octanol–water partition coefficient (Wildman–Crippen LogP) is 2.75. The average Bonchev–Trinajstić information content (AvgIpc) is 3.10. The number of benzene rings is 2. The largest absolute Gasteiger partial charge is 0.481 e. The lowest BCUT2D eigenvalue weighted by molar-refractivity contribution is -0.137. The summed E-state index contributed by atoms with van der Waals surface area (Å²) in [7, 11) is 0. The topological polar surface area (TPSA) is 84.2 Å². The molecule has 0 spiro atoms. The lowest BCUT2D eigenvalue weighted by atomic mass is 10.0. The maximum atomic E-state index is 12.4. The molecule has 2 aromatic carbocycles. The second kappa shape index (κ2) is 8.11. The van der Waals surface area contributed by atoms with Crippen LogP contribution in [0.5, 0.6) is 0 Å². The number of hydrogen-bond donors (Lipinski definition) is 2. The highest BCUT2D eigenvalue weighted by Crippen LogP contribution is 2.17. The van der Waals surface area contributed by atoms with E-state index in [4.69, 9.17) is 5.11 Å². The molecule has 0 bridgehead atoms. The summed E-state index contributed by atoms with van der Waals surface area (Å²) in [6.45, 7) is 0. The average molecular weight is 349 g/mol. The van der Waals surface area contributed by atoms with Crippen molar-refractivity contribution in [1.29, 1.82) is 0 Å². The highest BCUT2D eigenvalue weighted by atomic mass is 16.4. The summed E-state index contributed by atoms with van der Waals surface area (Å²) in [4.78, 5) is 23.5. The van der Waals surface area contributed by atoms with Crippen molar-refractivity contribution in [2.75, 3.05) is 0 Å². The van der Waals surface area contributed by atoms with Gasteiger partial charge in [-0.05, 0) is 23.8 Å². The van der Waals surface area contributed by atoms with Crippen LogP contribution in [0.1, 0.15) is 23.7 Å². The summed E-state index contributed by atoms with van der Waals surface area (Å²) in [5, 5.41) is 16.3. The predicted molar refractivity (Wildman–Crippen MR) is 96.8 cm³/mol. The first-order valence-corrected chi connectivity index (χ1v) is 8.28. The number of amides is 1. The molecule has 0 radical (unpaired) electrons. The Morgan fingerprint density at radius 3 is 2.31 bits per heavy atom. The summed E-state index contributed by atoms with van der Waals surface area (Å²) < 4.78 is 1.70. The van der Waals surface area contributed by atoms with Crippen molar-refractivity contribution in [2.24, 2.45) is 0 Å². The van der Waals surface area contributed by atoms with Crippen molar-refractivity contribution in [3.63, 3.8) is 0 Å². The van der Waals surface area contributed by atoms with Crippen LogP contribution in [0.4, 0.5) is 0 Å². The number of carboxylic acid groups (broad SMARTS) is 1. The Kier molecular flexibility index (Phi) is 5.43. The van der Waals surface area contributed by atoms with Crippen LogP contribution < -0.4 is 5.32 Å². The van der Waals surface area contributed by atoms with Crippen molar-refractivity contribution in [3.8, 4) is 5.69 Å². The fraction of sp³-hybridized carbons (Fsp3) is 0.150. The molecule has 1 amide bonds. The summed E-state index contributed by atoms with van der Waals surface area (Å²) in [6, 6.07) is 19.9. The summed E-state index contributed by atoms with van der Waals surface area (Å²) >= 11 is 0. The number of rotatable bonds is 7. The van der Waals surface area contributed by atoms with Gasteiger partial charge in [-0.3, -0.25) is 9.59 Å². The van der Waals surface area contributed by atoms with Crippen LogP contribution in [0.25, 0.3) is 5.69 Å². The van der Waals surface area contributed by atoms with Gasteiger partial charge < -0.3 is 10.4 Å². The second-order valence-electron chi connectivity index (χ2n) is 5.89. The summed E-state index contributed by atoms with van der Waals surface area (Å²) in [6.07, 6.45) is 1.71. The molecule has 6 heteroatoms. The first-order chi connectivity index (χ1) is 12.6. The molecule has 0 saturated carbocycles. The molecule has 0 aliphatic rings. The number of carbonyl (C=O) groups is 2. The Labute approximate surface area is 151 Å². The van der Waals surface area contributed by atoms with Gasteiger partial charge in [0.15, 0.2) is 0 Å². The van der Waals surface area contributed by atoms with E-state index >= 15 is 0 Å². The van der Waals surface area contributed by atoms with Crippen LogP contribution in [0.2, 0.25) is 0 Å². The molecular formula is C20H19N3O3. The Morgan fingerprint density at radius 1 is 1.00 bits per heavy atom. The highest BCUT2D eigenvalue weighted by Gasteiger charge is 2.18. The minimum absolute atomic E-state index is 0.0861. The zero-order valence-corrected chi connectivity index (χ0v) is 14.1. The number of nitrogens with zero attached hydrogens (tertiary/aromatic N) is 2. The molecule has 1 aromatic heterocycles. The van der Waals surface area contributed by atoms with Crippen LogP contribution in [0, 0.1) is 0 Å². The molecule has 6 nitrogen and oxygen atoms in total. The molecule has 0 saturated heterocycles. The number of carboxylic acids is 1. The standard InChI is InChI=1S/C20H19N3O3/c24-19(21-18(14-20(25)26)15-7-3-1-4-8-15)13-16-11-12-23(22-16)17-9-5-2-6-10-17/h1-12,18H,13-14H2,(H,21,24)(H,25,26)/t18-/m0/s1. The number of carbonyl (C=O) groups excluding carboxylic acids is 1. The van der Waals surface area contributed by atoms with Crippen molar-refractivity contribution in [2.45, 2.75) is 18.9 Å². The third-order valence-electron chi connectivity index (χ3n) is 3.92. The fourth-order valence-electron chi connectivity index (χ4n) is 2.70. The van der Waals surface area contributed by atoms with Gasteiger partial charge >= 0.3 is 5.97 Å². The zero-order chi connectivity index (χ0) is 18.4. The lowest BCUT2D eigenvalue weighted by Crippen LogP contribution is -2.31. The van der Waals surface area contributed by atoms with Crippen molar-refractivity contribution in [1.82, 2.24) is 15.1 Å². The first kappa shape index (κ1) is 17.4. The minimum Gasteiger partial charge on any atom is -0.481 e. The van der Waals surface area contributed by atoms with E-state index in [-0.39, 0.29) is 18.7 Å². The van der Waals surface area contributed by atoms with Gasteiger partial charge in [-0.25, -0.2) is 4.68 Å². The number of hydrogen-bond acceptors (Lipinski definition) is 3. The number of nitrogens with one attached hydrogen (secondary N) is 1. The van der Waals surface area contributed by atoms with E-state index in [1.54, 1.807) is 29.1 Å². The first-order valence-electron chi connectivity index (χ1n) is 8.28. The molecule has 132 valence electrons. The van der Waals surface area contributed by atoms with Gasteiger partial charge in [0.25, 0.3) is 0 Å². The maximum absolute atomic E-state index is 12.4. The molecule has 3 rings (SSSR count). The Balaban J connectivity index is 1.67. The van der Waals surface area contributed by atoms with Gasteiger partial charge in [-0.2, -0.15) is 5.10 Å². The molecule has 1 heterocycles. The zero-order valence-electron chi connectivity index (χ0n) is 14.1. The number of aliphatic carboxylic acids is 1. The quantitative estimate of drug-likeness (QED) is 0.687. The Bertz CT molecular complexity index is 876. The lowest BCUT2D eigenvalue weighted by Gasteiger charge is -2.17. The van der Waals surface area contributed by atoms with Crippen molar-refractivity contribution in [3.05, 3.63) is 84.2 Å². The molecule has 3 aromatic rings. The number of aromatic nitrogens is 2. The van der Waals surface area contributed by atoms with Crippen LogP contribution >= 0.6 is 0 Å². The van der Waals surface area contributed by atoms with Crippen LogP contribution in [-0.2, 0) is 16.0 Å². The molecule has 0 fully saturated rings. The van der Waals surface area contributed by atoms with E-state index in [9.17, 15) is 9.59 Å². The van der Waals surface area contributed by atoms with Crippen LogP contribution in [0.15, 0.2) is 72.9 Å². The summed E-state index contributed by atoms with van der Waals surface area (Å²) in [5.74, 6) is -1.23. The van der Waals surface area contributed by atoms with Crippen molar-refractivity contribution < 1.29 is 14.7 Å². The Hall–Kier alpha value is -3.41.